The third kappa shape index (κ3) is 4.15. The summed E-state index contributed by atoms with van der Waals surface area (Å²) in [4.78, 5) is 0. The highest BCUT2D eigenvalue weighted by atomic mass is 35.5. The molecule has 0 aliphatic heterocycles. The van der Waals surface area contributed by atoms with Gasteiger partial charge in [-0.3, -0.25) is 5.10 Å². The second-order valence-electron chi connectivity index (χ2n) is 3.93. The molecule has 0 fully saturated rings. The standard InChI is InChI=1S/C10H18ClN3O4S/c1-7-9(4-11)10(14-13-7)19(15,16)12-5-8(18-3)6-17-2/h8,12H,4-6H2,1-3H3,(H,13,14). The van der Waals surface area contributed by atoms with Gasteiger partial charge in [0, 0.05) is 32.0 Å². The molecule has 1 atom stereocenters. The van der Waals surface area contributed by atoms with Crippen molar-refractivity contribution in [2.24, 2.45) is 0 Å². The Morgan fingerprint density at radius 3 is 2.68 bits per heavy atom. The maximum Gasteiger partial charge on any atom is 0.260 e. The number of hydrogen-bond donors (Lipinski definition) is 2. The van der Waals surface area contributed by atoms with E-state index in [1.807, 2.05) is 0 Å². The summed E-state index contributed by atoms with van der Waals surface area (Å²) in [5.74, 6) is 0.0738. The second kappa shape index (κ2) is 7.20. The minimum Gasteiger partial charge on any atom is -0.382 e. The number of nitrogens with one attached hydrogen (secondary N) is 2. The van der Waals surface area contributed by atoms with Gasteiger partial charge in [-0.05, 0) is 6.92 Å². The van der Waals surface area contributed by atoms with Crippen LogP contribution in [0.3, 0.4) is 0 Å². The fourth-order valence-electron chi connectivity index (χ4n) is 1.48. The summed E-state index contributed by atoms with van der Waals surface area (Å²) < 4.78 is 36.6. The lowest BCUT2D eigenvalue weighted by molar-refractivity contribution is 0.0320. The van der Waals surface area contributed by atoms with Crippen LogP contribution in [0.5, 0.6) is 0 Å². The van der Waals surface area contributed by atoms with Crippen LogP contribution in [-0.2, 0) is 25.4 Å². The maximum atomic E-state index is 12.1. The first-order valence-electron chi connectivity index (χ1n) is 5.57. The maximum absolute atomic E-state index is 12.1. The summed E-state index contributed by atoms with van der Waals surface area (Å²) in [5, 5.41) is 6.31. The van der Waals surface area contributed by atoms with E-state index in [0.29, 0.717) is 17.9 Å². The molecule has 19 heavy (non-hydrogen) atoms. The lowest BCUT2D eigenvalue weighted by atomic mass is 10.3. The van der Waals surface area contributed by atoms with Crippen LogP contribution in [0.25, 0.3) is 0 Å². The van der Waals surface area contributed by atoms with Crippen LogP contribution in [0.1, 0.15) is 11.3 Å². The predicted molar refractivity (Wildman–Crippen MR) is 70.7 cm³/mol. The van der Waals surface area contributed by atoms with Gasteiger partial charge in [0.2, 0.25) is 0 Å². The number of hydrogen-bond acceptors (Lipinski definition) is 5. The zero-order valence-corrected chi connectivity index (χ0v) is 12.6. The van der Waals surface area contributed by atoms with Gasteiger partial charge in [0.25, 0.3) is 10.0 Å². The van der Waals surface area contributed by atoms with E-state index >= 15 is 0 Å². The van der Waals surface area contributed by atoms with E-state index < -0.39 is 10.0 Å². The molecule has 1 aromatic rings. The summed E-state index contributed by atoms with van der Waals surface area (Å²) in [6.07, 6.45) is -0.362. The quantitative estimate of drug-likeness (QED) is 0.678. The number of alkyl halides is 1. The molecule has 0 radical (unpaired) electrons. The van der Waals surface area contributed by atoms with Crippen molar-refractivity contribution in [3.63, 3.8) is 0 Å². The highest BCUT2D eigenvalue weighted by Gasteiger charge is 2.24. The Hall–Kier alpha value is -0.670. The smallest absolute Gasteiger partial charge is 0.260 e. The minimum atomic E-state index is -3.72. The number of rotatable bonds is 8. The SMILES string of the molecule is COCC(CNS(=O)(=O)c1n[nH]c(C)c1CCl)OC. The molecular weight excluding hydrogens is 294 g/mol. The van der Waals surface area contributed by atoms with Gasteiger partial charge < -0.3 is 9.47 Å². The van der Waals surface area contributed by atoms with Crippen LogP contribution >= 0.6 is 11.6 Å². The van der Waals surface area contributed by atoms with Crippen molar-refractivity contribution in [3.05, 3.63) is 11.3 Å². The Morgan fingerprint density at radius 2 is 2.16 bits per heavy atom. The molecule has 0 saturated heterocycles. The van der Waals surface area contributed by atoms with E-state index in [9.17, 15) is 8.42 Å². The second-order valence-corrected chi connectivity index (χ2v) is 5.88. The molecule has 1 rings (SSSR count). The van der Waals surface area contributed by atoms with E-state index in [2.05, 4.69) is 14.9 Å². The number of aryl methyl sites for hydroxylation is 1. The van der Waals surface area contributed by atoms with Crippen molar-refractivity contribution < 1.29 is 17.9 Å². The van der Waals surface area contributed by atoms with Crippen molar-refractivity contribution >= 4 is 21.6 Å². The number of halogens is 1. The average molecular weight is 312 g/mol. The predicted octanol–water partition coefficient (Wildman–Crippen LogP) is 0.397. The van der Waals surface area contributed by atoms with E-state index in [1.165, 1.54) is 14.2 Å². The molecule has 0 bridgehead atoms. The van der Waals surface area contributed by atoms with Gasteiger partial charge in [-0.15, -0.1) is 11.6 Å². The highest BCUT2D eigenvalue weighted by Crippen LogP contribution is 2.17. The Balaban J connectivity index is 2.81. The summed E-state index contributed by atoms with van der Waals surface area (Å²) in [7, 11) is -0.714. The van der Waals surface area contributed by atoms with Crippen LogP contribution < -0.4 is 4.72 Å². The van der Waals surface area contributed by atoms with Crippen molar-refractivity contribution in [2.45, 2.75) is 23.9 Å². The Labute approximate surface area is 117 Å². The van der Waals surface area contributed by atoms with Gasteiger partial charge in [0.05, 0.1) is 18.6 Å². The molecule has 7 nitrogen and oxygen atoms in total. The van der Waals surface area contributed by atoms with Gasteiger partial charge in [-0.1, -0.05) is 0 Å². The summed E-state index contributed by atoms with van der Waals surface area (Å²) in [6.45, 7) is 2.11. The first-order valence-corrected chi connectivity index (χ1v) is 7.59. The van der Waals surface area contributed by atoms with E-state index in [-0.39, 0.29) is 23.6 Å². The van der Waals surface area contributed by atoms with Gasteiger partial charge >= 0.3 is 0 Å². The van der Waals surface area contributed by atoms with Crippen molar-refractivity contribution in [1.29, 1.82) is 0 Å². The molecule has 0 aromatic carbocycles. The number of aromatic nitrogens is 2. The molecule has 9 heteroatoms. The molecule has 2 N–H and O–H groups in total. The fourth-order valence-corrected chi connectivity index (χ4v) is 3.14. The monoisotopic (exact) mass is 311 g/mol. The fraction of sp³-hybridized carbons (Fsp3) is 0.700. The van der Waals surface area contributed by atoms with Crippen molar-refractivity contribution in [1.82, 2.24) is 14.9 Å². The summed E-state index contributed by atoms with van der Waals surface area (Å²) >= 11 is 5.73. The van der Waals surface area contributed by atoms with Gasteiger partial charge in [-0.2, -0.15) is 5.10 Å². The number of nitrogens with zero attached hydrogens (tertiary/aromatic N) is 1. The lowest BCUT2D eigenvalue weighted by Gasteiger charge is -2.14. The topological polar surface area (TPSA) is 93.3 Å². The van der Waals surface area contributed by atoms with Crippen LogP contribution in [0, 0.1) is 6.92 Å². The van der Waals surface area contributed by atoms with Crippen molar-refractivity contribution in [2.75, 3.05) is 27.4 Å². The number of ether oxygens (including phenoxy) is 2. The number of aromatic amines is 1. The summed E-state index contributed by atoms with van der Waals surface area (Å²) in [6, 6.07) is 0. The van der Waals surface area contributed by atoms with E-state index in [4.69, 9.17) is 21.1 Å². The normalized spacial score (nSPS) is 13.7. The number of methoxy groups -OCH3 is 2. The molecule has 110 valence electrons. The average Bonchev–Trinajstić information content (AvgIpc) is 2.76. The van der Waals surface area contributed by atoms with Crippen LogP contribution in [0.2, 0.25) is 0 Å². The molecule has 1 heterocycles. The number of H-pyrrole nitrogens is 1. The molecule has 1 unspecified atom stereocenters. The lowest BCUT2D eigenvalue weighted by Crippen LogP contribution is -2.36. The Kier molecular flexibility index (Phi) is 6.21. The van der Waals surface area contributed by atoms with Crippen LogP contribution in [-0.4, -0.2) is 52.1 Å². The molecule has 0 aliphatic carbocycles. The van der Waals surface area contributed by atoms with Gasteiger partial charge in [0.1, 0.15) is 0 Å². The van der Waals surface area contributed by atoms with Crippen LogP contribution in [0.4, 0.5) is 0 Å². The van der Waals surface area contributed by atoms with E-state index in [1.54, 1.807) is 6.92 Å². The van der Waals surface area contributed by atoms with E-state index in [0.717, 1.165) is 0 Å². The zero-order valence-electron chi connectivity index (χ0n) is 11.1. The van der Waals surface area contributed by atoms with Gasteiger partial charge in [-0.25, -0.2) is 13.1 Å². The minimum absolute atomic E-state index is 0.0738. The Morgan fingerprint density at radius 1 is 1.47 bits per heavy atom. The third-order valence-corrected chi connectivity index (χ3v) is 4.27. The third-order valence-electron chi connectivity index (χ3n) is 2.61. The molecule has 0 amide bonds. The van der Waals surface area contributed by atoms with Crippen LogP contribution in [0.15, 0.2) is 5.03 Å². The molecule has 0 spiro atoms. The molecule has 1 aromatic heterocycles. The zero-order chi connectivity index (χ0) is 14.5. The number of sulfonamides is 1. The van der Waals surface area contributed by atoms with Crippen molar-refractivity contribution in [3.8, 4) is 0 Å². The Bertz CT molecular complexity index is 503. The highest BCUT2D eigenvalue weighted by molar-refractivity contribution is 7.89. The first-order chi connectivity index (χ1) is 8.96. The molecular formula is C10H18ClN3O4S. The largest absolute Gasteiger partial charge is 0.382 e. The molecule has 0 saturated carbocycles. The van der Waals surface area contributed by atoms with Gasteiger partial charge in [0.15, 0.2) is 5.03 Å². The summed E-state index contributed by atoms with van der Waals surface area (Å²) in [5.41, 5.74) is 1.10. The molecule has 0 aliphatic rings. The first kappa shape index (κ1) is 16.4.